The van der Waals surface area contributed by atoms with Crippen molar-refractivity contribution < 1.29 is 5.11 Å². The highest BCUT2D eigenvalue weighted by atomic mass is 79.9. The highest BCUT2D eigenvalue weighted by molar-refractivity contribution is 9.10. The van der Waals surface area contributed by atoms with Gasteiger partial charge in [0.2, 0.25) is 5.95 Å². The first kappa shape index (κ1) is 12.4. The zero-order valence-electron chi connectivity index (χ0n) is 9.16. The molecule has 0 aromatic carbocycles. The van der Waals surface area contributed by atoms with Crippen molar-refractivity contribution in [2.24, 2.45) is 5.92 Å². The number of hydrogen-bond acceptors (Lipinski definition) is 4. The smallest absolute Gasteiger partial charge is 0.223 e. The Bertz CT molecular complexity index is 332. The van der Waals surface area contributed by atoms with E-state index in [1.54, 1.807) is 6.20 Å². The van der Waals surface area contributed by atoms with Gasteiger partial charge < -0.3 is 10.4 Å². The van der Waals surface area contributed by atoms with Gasteiger partial charge in [-0.1, -0.05) is 6.92 Å². The van der Waals surface area contributed by atoms with Gasteiger partial charge in [0.05, 0.1) is 10.2 Å². The molecule has 0 radical (unpaired) electrons. The summed E-state index contributed by atoms with van der Waals surface area (Å²) in [6.45, 7) is 6.05. The van der Waals surface area contributed by atoms with Crippen molar-refractivity contribution in [3.05, 3.63) is 16.4 Å². The number of hydrogen-bond donors (Lipinski definition) is 2. The van der Waals surface area contributed by atoms with Gasteiger partial charge in [-0.3, -0.25) is 0 Å². The topological polar surface area (TPSA) is 58.0 Å². The van der Waals surface area contributed by atoms with Crippen LogP contribution in [0.3, 0.4) is 0 Å². The summed E-state index contributed by atoms with van der Waals surface area (Å²) in [4.78, 5) is 8.42. The summed E-state index contributed by atoms with van der Waals surface area (Å²) in [5.41, 5.74) is 0.899. The predicted molar refractivity (Wildman–Crippen MR) is 63.8 cm³/mol. The Morgan fingerprint density at radius 2 is 2.20 bits per heavy atom. The molecule has 0 aliphatic rings. The lowest BCUT2D eigenvalue weighted by atomic mass is 10.1. The minimum atomic E-state index is 0.149. The van der Waals surface area contributed by atoms with Crippen molar-refractivity contribution in [1.82, 2.24) is 9.97 Å². The van der Waals surface area contributed by atoms with Gasteiger partial charge in [0.25, 0.3) is 0 Å². The molecule has 1 heterocycles. The highest BCUT2D eigenvalue weighted by Gasteiger charge is 2.12. The van der Waals surface area contributed by atoms with Crippen LogP contribution in [0.15, 0.2) is 10.7 Å². The van der Waals surface area contributed by atoms with E-state index in [1.165, 1.54) is 0 Å². The number of aliphatic hydroxyl groups is 1. The third-order valence-electron chi connectivity index (χ3n) is 2.42. The van der Waals surface area contributed by atoms with E-state index in [4.69, 9.17) is 5.11 Å². The molecule has 0 aliphatic heterocycles. The number of anilines is 1. The third kappa shape index (κ3) is 3.43. The number of rotatable bonds is 4. The van der Waals surface area contributed by atoms with Crippen molar-refractivity contribution >= 4 is 21.9 Å². The normalized spacial score (nSPS) is 14.7. The molecule has 0 fully saturated rings. The fourth-order valence-corrected chi connectivity index (χ4v) is 1.22. The van der Waals surface area contributed by atoms with E-state index in [9.17, 15) is 0 Å². The quantitative estimate of drug-likeness (QED) is 0.881. The Hall–Kier alpha value is -0.680. The minimum absolute atomic E-state index is 0.149. The molecule has 2 unspecified atom stereocenters. The number of aryl methyl sites for hydroxylation is 1. The van der Waals surface area contributed by atoms with Gasteiger partial charge in [-0.05, 0) is 35.7 Å². The van der Waals surface area contributed by atoms with Crippen LogP contribution in [0.2, 0.25) is 0 Å². The molecule has 0 amide bonds. The van der Waals surface area contributed by atoms with Gasteiger partial charge in [0, 0.05) is 18.8 Å². The summed E-state index contributed by atoms with van der Waals surface area (Å²) in [5, 5.41) is 12.2. The van der Waals surface area contributed by atoms with Gasteiger partial charge in [0.15, 0.2) is 0 Å². The summed E-state index contributed by atoms with van der Waals surface area (Å²) < 4.78 is 0.899. The molecule has 0 bridgehead atoms. The molecule has 5 heteroatoms. The number of nitrogens with one attached hydrogen (secondary N) is 1. The van der Waals surface area contributed by atoms with Gasteiger partial charge in [0.1, 0.15) is 0 Å². The zero-order chi connectivity index (χ0) is 11.4. The van der Waals surface area contributed by atoms with Crippen molar-refractivity contribution in [2.45, 2.75) is 26.8 Å². The number of aliphatic hydroxyl groups excluding tert-OH is 1. The van der Waals surface area contributed by atoms with Crippen LogP contribution in [0.5, 0.6) is 0 Å². The largest absolute Gasteiger partial charge is 0.396 e. The second-order valence-electron chi connectivity index (χ2n) is 3.72. The van der Waals surface area contributed by atoms with Crippen LogP contribution in [0.1, 0.15) is 19.5 Å². The zero-order valence-corrected chi connectivity index (χ0v) is 10.7. The molecule has 0 saturated heterocycles. The van der Waals surface area contributed by atoms with Crippen molar-refractivity contribution in [3.63, 3.8) is 0 Å². The Morgan fingerprint density at radius 1 is 1.53 bits per heavy atom. The van der Waals surface area contributed by atoms with Crippen molar-refractivity contribution in [3.8, 4) is 0 Å². The molecule has 4 nitrogen and oxygen atoms in total. The van der Waals surface area contributed by atoms with Crippen LogP contribution < -0.4 is 5.32 Å². The average Bonchev–Trinajstić information content (AvgIpc) is 2.22. The SMILES string of the molecule is Cc1nc(NC(C)C(C)CO)ncc1Br. The summed E-state index contributed by atoms with van der Waals surface area (Å²) in [6, 6.07) is 0.149. The molecule has 84 valence electrons. The van der Waals surface area contributed by atoms with E-state index in [0.29, 0.717) is 5.95 Å². The molecule has 0 spiro atoms. The van der Waals surface area contributed by atoms with Crippen LogP contribution in [-0.4, -0.2) is 27.7 Å². The Kier molecular flexibility index (Phi) is 4.47. The minimum Gasteiger partial charge on any atom is -0.396 e. The standard InChI is InChI=1S/C10H16BrN3O/c1-6(5-15)7(2)13-10-12-4-9(11)8(3)14-10/h4,6-7,15H,5H2,1-3H3,(H,12,13,14). The van der Waals surface area contributed by atoms with Crippen molar-refractivity contribution in [2.75, 3.05) is 11.9 Å². The van der Waals surface area contributed by atoms with Crippen LogP contribution in [0.4, 0.5) is 5.95 Å². The molecule has 1 rings (SSSR count). The molecule has 1 aromatic rings. The maximum Gasteiger partial charge on any atom is 0.223 e. The number of halogens is 1. The van der Waals surface area contributed by atoms with E-state index >= 15 is 0 Å². The molecule has 0 saturated carbocycles. The first-order valence-electron chi connectivity index (χ1n) is 4.91. The Balaban J connectivity index is 2.68. The van der Waals surface area contributed by atoms with Crippen molar-refractivity contribution in [1.29, 1.82) is 0 Å². The molecular formula is C10H16BrN3O. The molecule has 0 aliphatic carbocycles. The molecular weight excluding hydrogens is 258 g/mol. The third-order valence-corrected chi connectivity index (χ3v) is 3.20. The summed E-state index contributed by atoms with van der Waals surface area (Å²) in [6.07, 6.45) is 1.72. The van der Waals surface area contributed by atoms with E-state index in [0.717, 1.165) is 10.2 Å². The second kappa shape index (κ2) is 5.42. The first-order chi connectivity index (χ1) is 7.04. The van der Waals surface area contributed by atoms with Crippen LogP contribution in [0.25, 0.3) is 0 Å². The molecule has 15 heavy (non-hydrogen) atoms. The summed E-state index contributed by atoms with van der Waals surface area (Å²) in [7, 11) is 0. The highest BCUT2D eigenvalue weighted by Crippen LogP contribution is 2.15. The van der Waals surface area contributed by atoms with E-state index in [-0.39, 0.29) is 18.6 Å². The summed E-state index contributed by atoms with van der Waals surface area (Å²) >= 11 is 3.35. The van der Waals surface area contributed by atoms with Crippen LogP contribution in [0, 0.1) is 12.8 Å². The number of aromatic nitrogens is 2. The van der Waals surface area contributed by atoms with Gasteiger partial charge in [-0.25, -0.2) is 9.97 Å². The molecule has 2 N–H and O–H groups in total. The van der Waals surface area contributed by atoms with E-state index in [1.807, 2.05) is 20.8 Å². The second-order valence-corrected chi connectivity index (χ2v) is 4.57. The van der Waals surface area contributed by atoms with E-state index < -0.39 is 0 Å². The Labute approximate surface area is 98.3 Å². The average molecular weight is 274 g/mol. The lowest BCUT2D eigenvalue weighted by Crippen LogP contribution is -2.27. The fraction of sp³-hybridized carbons (Fsp3) is 0.600. The first-order valence-corrected chi connectivity index (χ1v) is 5.70. The monoisotopic (exact) mass is 273 g/mol. The molecule has 1 aromatic heterocycles. The summed E-state index contributed by atoms with van der Waals surface area (Å²) in [5.74, 6) is 0.779. The number of nitrogens with zero attached hydrogens (tertiary/aromatic N) is 2. The van der Waals surface area contributed by atoms with Gasteiger partial charge in [-0.2, -0.15) is 0 Å². The van der Waals surface area contributed by atoms with Gasteiger partial charge in [-0.15, -0.1) is 0 Å². The molecule has 2 atom stereocenters. The Morgan fingerprint density at radius 3 is 2.73 bits per heavy atom. The predicted octanol–water partition coefficient (Wildman–Crippen LogP) is 1.98. The van der Waals surface area contributed by atoms with E-state index in [2.05, 4.69) is 31.2 Å². The van der Waals surface area contributed by atoms with Crippen LogP contribution in [-0.2, 0) is 0 Å². The fourth-order valence-electron chi connectivity index (χ4n) is 1.03. The maximum absolute atomic E-state index is 8.99. The lowest BCUT2D eigenvalue weighted by molar-refractivity contribution is 0.226. The van der Waals surface area contributed by atoms with Gasteiger partial charge >= 0.3 is 0 Å². The maximum atomic E-state index is 8.99. The van der Waals surface area contributed by atoms with Crippen LogP contribution >= 0.6 is 15.9 Å². The lowest BCUT2D eigenvalue weighted by Gasteiger charge is -2.19.